The summed E-state index contributed by atoms with van der Waals surface area (Å²) in [4.78, 5) is 35.6. The zero-order valence-electron chi connectivity index (χ0n) is 15.5. The first-order valence-corrected chi connectivity index (χ1v) is 8.80. The lowest BCUT2D eigenvalue weighted by atomic mass is 10.00. The van der Waals surface area contributed by atoms with Crippen molar-refractivity contribution in [1.82, 2.24) is 10.6 Å². The number of hydrogen-bond donors (Lipinski definition) is 2. The van der Waals surface area contributed by atoms with Crippen LogP contribution in [0.25, 0.3) is 0 Å². The standard InChI is InChI=1S/C21H24N2O4/c1-15(2)23-19(24)13-22-20(25)14-27-21(26)18-11-7-6-10-17(18)12-16-8-4-3-5-9-16/h3-11,15H,12-14H2,1-2H3,(H,22,25)(H,23,24). The number of amides is 2. The molecule has 0 atom stereocenters. The maximum atomic E-state index is 12.4. The molecule has 2 amide bonds. The quantitative estimate of drug-likeness (QED) is 0.699. The summed E-state index contributed by atoms with van der Waals surface area (Å²) >= 11 is 0. The van der Waals surface area contributed by atoms with E-state index in [4.69, 9.17) is 4.74 Å². The summed E-state index contributed by atoms with van der Waals surface area (Å²) < 4.78 is 5.10. The molecule has 0 aliphatic heterocycles. The number of rotatable bonds is 8. The van der Waals surface area contributed by atoms with Crippen LogP contribution in [0, 0.1) is 0 Å². The van der Waals surface area contributed by atoms with Gasteiger partial charge in [-0.2, -0.15) is 0 Å². The average Bonchev–Trinajstić information content (AvgIpc) is 2.65. The molecule has 2 aromatic carbocycles. The van der Waals surface area contributed by atoms with Gasteiger partial charge >= 0.3 is 5.97 Å². The summed E-state index contributed by atoms with van der Waals surface area (Å²) in [6.07, 6.45) is 0.591. The van der Waals surface area contributed by atoms with Crippen LogP contribution >= 0.6 is 0 Å². The number of carbonyl (C=O) groups is 3. The van der Waals surface area contributed by atoms with Gasteiger partial charge < -0.3 is 15.4 Å². The molecule has 0 saturated carbocycles. The molecule has 0 heterocycles. The third-order valence-corrected chi connectivity index (χ3v) is 3.70. The number of hydrogen-bond acceptors (Lipinski definition) is 4. The van der Waals surface area contributed by atoms with Crippen molar-refractivity contribution in [3.8, 4) is 0 Å². The van der Waals surface area contributed by atoms with Gasteiger partial charge in [0.15, 0.2) is 6.61 Å². The van der Waals surface area contributed by atoms with Gasteiger partial charge in [-0.3, -0.25) is 9.59 Å². The first kappa shape index (κ1) is 20.2. The molecule has 142 valence electrons. The summed E-state index contributed by atoms with van der Waals surface area (Å²) in [6, 6.07) is 16.9. The van der Waals surface area contributed by atoms with Gasteiger partial charge in [-0.1, -0.05) is 48.5 Å². The Hall–Kier alpha value is -3.15. The van der Waals surface area contributed by atoms with Crippen molar-refractivity contribution in [1.29, 1.82) is 0 Å². The molecular formula is C21H24N2O4. The third kappa shape index (κ3) is 6.93. The minimum absolute atomic E-state index is 0.00616. The number of ether oxygens (including phenoxy) is 1. The molecule has 0 aliphatic carbocycles. The van der Waals surface area contributed by atoms with Crippen molar-refractivity contribution in [2.24, 2.45) is 0 Å². The lowest BCUT2D eigenvalue weighted by Crippen LogP contribution is -2.41. The molecule has 2 rings (SSSR count). The Morgan fingerprint density at radius 1 is 0.926 bits per heavy atom. The normalized spacial score (nSPS) is 10.3. The summed E-state index contributed by atoms with van der Waals surface area (Å²) in [5.41, 5.74) is 2.32. The van der Waals surface area contributed by atoms with Gasteiger partial charge in [0, 0.05) is 6.04 Å². The first-order chi connectivity index (χ1) is 13.0. The highest BCUT2D eigenvalue weighted by molar-refractivity contribution is 5.93. The van der Waals surface area contributed by atoms with Crippen LogP contribution < -0.4 is 10.6 Å². The molecule has 0 spiro atoms. The largest absolute Gasteiger partial charge is 0.452 e. The van der Waals surface area contributed by atoms with Crippen molar-refractivity contribution in [3.05, 3.63) is 71.3 Å². The Bertz CT molecular complexity index is 788. The zero-order chi connectivity index (χ0) is 19.6. The van der Waals surface area contributed by atoms with E-state index in [1.54, 1.807) is 12.1 Å². The lowest BCUT2D eigenvalue weighted by molar-refractivity contribution is -0.128. The van der Waals surface area contributed by atoms with Gasteiger partial charge in [-0.15, -0.1) is 0 Å². The molecule has 0 unspecified atom stereocenters. The number of benzene rings is 2. The van der Waals surface area contributed by atoms with Crippen molar-refractivity contribution in [2.75, 3.05) is 13.2 Å². The summed E-state index contributed by atoms with van der Waals surface area (Å²) in [7, 11) is 0. The molecule has 0 saturated heterocycles. The lowest BCUT2D eigenvalue weighted by Gasteiger charge is -2.11. The molecule has 0 aromatic heterocycles. The van der Waals surface area contributed by atoms with E-state index in [1.807, 2.05) is 56.3 Å². The number of nitrogens with one attached hydrogen (secondary N) is 2. The van der Waals surface area contributed by atoms with Gasteiger partial charge in [0.2, 0.25) is 5.91 Å². The van der Waals surface area contributed by atoms with E-state index in [0.717, 1.165) is 11.1 Å². The molecule has 0 fully saturated rings. The van der Waals surface area contributed by atoms with E-state index in [0.29, 0.717) is 12.0 Å². The first-order valence-electron chi connectivity index (χ1n) is 8.80. The molecule has 2 N–H and O–H groups in total. The summed E-state index contributed by atoms with van der Waals surface area (Å²) in [5, 5.41) is 5.08. The smallest absolute Gasteiger partial charge is 0.338 e. The molecule has 0 aliphatic rings. The topological polar surface area (TPSA) is 84.5 Å². The molecular weight excluding hydrogens is 344 g/mol. The van der Waals surface area contributed by atoms with Crippen LogP contribution in [0.4, 0.5) is 0 Å². The van der Waals surface area contributed by atoms with Crippen LogP contribution in [0.1, 0.15) is 35.3 Å². The Balaban J connectivity index is 1.89. The highest BCUT2D eigenvalue weighted by Gasteiger charge is 2.15. The fourth-order valence-electron chi connectivity index (χ4n) is 2.50. The molecule has 0 bridgehead atoms. The van der Waals surface area contributed by atoms with Gasteiger partial charge in [-0.05, 0) is 37.5 Å². The monoisotopic (exact) mass is 368 g/mol. The third-order valence-electron chi connectivity index (χ3n) is 3.70. The van der Waals surface area contributed by atoms with E-state index in [-0.39, 0.29) is 18.5 Å². The Morgan fingerprint density at radius 2 is 1.59 bits per heavy atom. The van der Waals surface area contributed by atoms with Gasteiger partial charge in [0.1, 0.15) is 0 Å². The minimum atomic E-state index is -0.566. The van der Waals surface area contributed by atoms with Crippen LogP contribution in [0.15, 0.2) is 54.6 Å². The van der Waals surface area contributed by atoms with E-state index in [9.17, 15) is 14.4 Å². The van der Waals surface area contributed by atoms with Crippen LogP contribution in [0.2, 0.25) is 0 Å². The Kier molecular flexibility index (Phi) is 7.55. The summed E-state index contributed by atoms with van der Waals surface area (Å²) in [6.45, 7) is 3.06. The van der Waals surface area contributed by atoms with Gasteiger partial charge in [-0.25, -0.2) is 4.79 Å². The molecule has 2 aromatic rings. The van der Waals surface area contributed by atoms with Crippen LogP contribution in [0.5, 0.6) is 0 Å². The maximum absolute atomic E-state index is 12.4. The number of carbonyl (C=O) groups excluding carboxylic acids is 3. The van der Waals surface area contributed by atoms with Crippen molar-refractivity contribution >= 4 is 17.8 Å². The van der Waals surface area contributed by atoms with Crippen LogP contribution in [0.3, 0.4) is 0 Å². The zero-order valence-corrected chi connectivity index (χ0v) is 15.5. The predicted molar refractivity (Wildman–Crippen MR) is 102 cm³/mol. The van der Waals surface area contributed by atoms with Crippen molar-refractivity contribution in [2.45, 2.75) is 26.3 Å². The van der Waals surface area contributed by atoms with E-state index >= 15 is 0 Å². The average molecular weight is 368 g/mol. The second-order valence-corrected chi connectivity index (χ2v) is 6.39. The maximum Gasteiger partial charge on any atom is 0.338 e. The minimum Gasteiger partial charge on any atom is -0.452 e. The van der Waals surface area contributed by atoms with E-state index in [1.165, 1.54) is 0 Å². The van der Waals surface area contributed by atoms with Crippen molar-refractivity contribution < 1.29 is 19.1 Å². The second-order valence-electron chi connectivity index (χ2n) is 6.39. The van der Waals surface area contributed by atoms with E-state index < -0.39 is 18.5 Å². The molecule has 0 radical (unpaired) electrons. The molecule has 6 nitrogen and oxygen atoms in total. The second kappa shape index (κ2) is 10.1. The highest BCUT2D eigenvalue weighted by Crippen LogP contribution is 2.15. The Morgan fingerprint density at radius 3 is 2.30 bits per heavy atom. The van der Waals surface area contributed by atoms with Crippen molar-refractivity contribution in [3.63, 3.8) is 0 Å². The molecule has 27 heavy (non-hydrogen) atoms. The Labute approximate surface area is 158 Å². The van der Waals surface area contributed by atoms with E-state index in [2.05, 4.69) is 10.6 Å². The summed E-state index contributed by atoms with van der Waals surface area (Å²) in [5.74, 6) is -1.39. The molecule has 6 heteroatoms. The van der Waals surface area contributed by atoms with Crippen LogP contribution in [-0.4, -0.2) is 37.0 Å². The van der Waals surface area contributed by atoms with Gasteiger partial charge in [0.05, 0.1) is 12.1 Å². The number of esters is 1. The SMILES string of the molecule is CC(C)NC(=O)CNC(=O)COC(=O)c1ccccc1Cc1ccccc1. The van der Waals surface area contributed by atoms with Crippen LogP contribution in [-0.2, 0) is 20.7 Å². The predicted octanol–water partition coefficient (Wildman–Crippen LogP) is 2.08. The highest BCUT2D eigenvalue weighted by atomic mass is 16.5. The van der Waals surface area contributed by atoms with Gasteiger partial charge in [0.25, 0.3) is 5.91 Å². The fourth-order valence-corrected chi connectivity index (χ4v) is 2.50. The fraction of sp³-hybridized carbons (Fsp3) is 0.286.